The fraction of sp³-hybridized carbons (Fsp3) is 0.400. The lowest BCUT2D eigenvalue weighted by molar-refractivity contribution is -0.133. The Morgan fingerprint density at radius 1 is 1.03 bits per heavy atom. The molecule has 33 heavy (non-hydrogen) atoms. The summed E-state index contributed by atoms with van der Waals surface area (Å²) in [6.07, 6.45) is 3.47. The lowest BCUT2D eigenvalue weighted by Gasteiger charge is -2.22. The van der Waals surface area contributed by atoms with Gasteiger partial charge in [0.15, 0.2) is 11.5 Å². The molecule has 1 atom stereocenters. The number of nitrogens with one attached hydrogen (secondary N) is 2. The van der Waals surface area contributed by atoms with Crippen LogP contribution in [0.3, 0.4) is 0 Å². The van der Waals surface area contributed by atoms with Crippen molar-refractivity contribution >= 4 is 23.5 Å². The quantitative estimate of drug-likeness (QED) is 0.537. The molecule has 3 rings (SSSR count). The number of urea groups is 1. The maximum absolute atomic E-state index is 13.1. The number of aryl methyl sites for hydroxylation is 1. The van der Waals surface area contributed by atoms with Crippen LogP contribution in [0.1, 0.15) is 37.8 Å². The highest BCUT2D eigenvalue weighted by atomic mass is 16.5. The normalized spacial score (nSPS) is 17.6. The number of unbranched alkanes of at least 4 members (excludes halogenated alkanes) is 1. The van der Waals surface area contributed by atoms with Gasteiger partial charge in [-0.25, -0.2) is 4.79 Å². The summed E-state index contributed by atoms with van der Waals surface area (Å²) in [6, 6.07) is 12.3. The number of ether oxygens (including phenoxy) is 2. The molecule has 1 unspecified atom stereocenters. The van der Waals surface area contributed by atoms with Crippen molar-refractivity contribution in [2.45, 2.75) is 45.1 Å². The summed E-state index contributed by atoms with van der Waals surface area (Å²) >= 11 is 0. The summed E-state index contributed by atoms with van der Waals surface area (Å²) in [5, 5.41) is 5.48. The Kier molecular flexibility index (Phi) is 7.58. The minimum Gasteiger partial charge on any atom is -0.493 e. The average Bonchev–Trinajstić information content (AvgIpc) is 3.01. The van der Waals surface area contributed by atoms with Crippen molar-refractivity contribution in [3.05, 3.63) is 53.6 Å². The molecule has 1 aliphatic rings. The average molecular weight is 454 g/mol. The molecule has 0 bridgehead atoms. The third-order valence-electron chi connectivity index (χ3n) is 5.71. The number of amides is 4. The molecule has 8 nitrogen and oxygen atoms in total. The lowest BCUT2D eigenvalue weighted by Crippen LogP contribution is -2.46. The summed E-state index contributed by atoms with van der Waals surface area (Å²) < 4.78 is 10.6. The van der Waals surface area contributed by atoms with Gasteiger partial charge < -0.3 is 20.1 Å². The molecule has 2 aromatic rings. The molecule has 1 fully saturated rings. The Morgan fingerprint density at radius 3 is 2.33 bits per heavy atom. The topological polar surface area (TPSA) is 97.0 Å². The minimum atomic E-state index is -1.17. The number of benzene rings is 2. The first-order valence-corrected chi connectivity index (χ1v) is 11.0. The number of carbonyl (C=O) groups is 3. The summed E-state index contributed by atoms with van der Waals surface area (Å²) in [5.41, 5.74) is 1.45. The van der Waals surface area contributed by atoms with Crippen molar-refractivity contribution in [2.24, 2.45) is 0 Å². The predicted molar refractivity (Wildman–Crippen MR) is 126 cm³/mol. The van der Waals surface area contributed by atoms with E-state index in [9.17, 15) is 14.4 Å². The van der Waals surface area contributed by atoms with E-state index in [1.807, 2.05) is 30.3 Å². The van der Waals surface area contributed by atoms with Crippen LogP contribution in [0, 0.1) is 0 Å². The maximum Gasteiger partial charge on any atom is 0.325 e. The number of nitrogens with zero attached hydrogens (tertiary/aromatic N) is 1. The van der Waals surface area contributed by atoms with Crippen molar-refractivity contribution in [3.63, 3.8) is 0 Å². The summed E-state index contributed by atoms with van der Waals surface area (Å²) in [5.74, 6) is 0.222. The zero-order valence-electron chi connectivity index (χ0n) is 19.6. The van der Waals surface area contributed by atoms with Crippen LogP contribution in [0.25, 0.3) is 0 Å². The molecular formula is C25H31N3O5. The Bertz CT molecular complexity index is 1020. The smallest absolute Gasteiger partial charge is 0.325 e. The Balaban J connectivity index is 1.63. The highest BCUT2D eigenvalue weighted by Crippen LogP contribution is 2.30. The third kappa shape index (κ3) is 5.63. The van der Waals surface area contributed by atoms with Gasteiger partial charge in [-0.2, -0.15) is 0 Å². The molecule has 1 heterocycles. The fourth-order valence-electron chi connectivity index (χ4n) is 3.89. The molecule has 176 valence electrons. The van der Waals surface area contributed by atoms with Crippen LogP contribution in [-0.2, 0) is 22.4 Å². The number of imide groups is 1. The predicted octanol–water partition coefficient (Wildman–Crippen LogP) is 3.54. The van der Waals surface area contributed by atoms with Crippen LogP contribution in [-0.4, -0.2) is 49.0 Å². The molecule has 4 amide bonds. The van der Waals surface area contributed by atoms with E-state index in [1.165, 1.54) is 12.7 Å². The van der Waals surface area contributed by atoms with Crippen molar-refractivity contribution in [1.82, 2.24) is 10.2 Å². The monoisotopic (exact) mass is 453 g/mol. The molecule has 0 spiro atoms. The van der Waals surface area contributed by atoms with Gasteiger partial charge in [0.2, 0.25) is 5.91 Å². The van der Waals surface area contributed by atoms with E-state index >= 15 is 0 Å². The van der Waals surface area contributed by atoms with E-state index < -0.39 is 23.4 Å². The summed E-state index contributed by atoms with van der Waals surface area (Å²) in [6.45, 7) is 3.43. The van der Waals surface area contributed by atoms with E-state index in [2.05, 4.69) is 17.6 Å². The standard InChI is InChI=1S/C25H31N3O5/c1-5-6-7-17-8-11-19(12-9-17)26-22(29)16-28-23(30)25(2,27-24(28)31)15-18-10-13-20(32-3)21(14-18)33-4/h8-14H,5-7,15-16H2,1-4H3,(H,26,29)(H,27,31). The largest absolute Gasteiger partial charge is 0.493 e. The van der Waals surface area contributed by atoms with E-state index in [-0.39, 0.29) is 13.0 Å². The fourth-order valence-corrected chi connectivity index (χ4v) is 3.89. The van der Waals surface area contributed by atoms with Gasteiger partial charge in [0, 0.05) is 12.1 Å². The lowest BCUT2D eigenvalue weighted by atomic mass is 9.92. The highest BCUT2D eigenvalue weighted by molar-refractivity contribution is 6.10. The third-order valence-corrected chi connectivity index (χ3v) is 5.71. The van der Waals surface area contributed by atoms with E-state index in [0.29, 0.717) is 17.2 Å². The molecule has 2 N–H and O–H groups in total. The van der Waals surface area contributed by atoms with Crippen LogP contribution >= 0.6 is 0 Å². The van der Waals surface area contributed by atoms with Gasteiger partial charge in [0.25, 0.3) is 5.91 Å². The second-order valence-corrected chi connectivity index (χ2v) is 8.37. The number of carbonyl (C=O) groups excluding carboxylic acids is 3. The van der Waals surface area contributed by atoms with Crippen LogP contribution in [0.4, 0.5) is 10.5 Å². The second-order valence-electron chi connectivity index (χ2n) is 8.37. The molecule has 0 aliphatic carbocycles. The zero-order valence-corrected chi connectivity index (χ0v) is 19.6. The van der Waals surface area contributed by atoms with Crippen LogP contribution in [0.2, 0.25) is 0 Å². The molecule has 2 aromatic carbocycles. The molecule has 0 saturated carbocycles. The van der Waals surface area contributed by atoms with Crippen molar-refractivity contribution < 1.29 is 23.9 Å². The molecule has 1 saturated heterocycles. The molecule has 0 radical (unpaired) electrons. The first-order chi connectivity index (χ1) is 15.8. The molecule has 1 aliphatic heterocycles. The molecule has 8 heteroatoms. The van der Waals surface area contributed by atoms with Crippen LogP contribution < -0.4 is 20.1 Å². The number of anilines is 1. The maximum atomic E-state index is 13.1. The Hall–Kier alpha value is -3.55. The van der Waals surface area contributed by atoms with Gasteiger partial charge in [0.1, 0.15) is 12.1 Å². The first-order valence-electron chi connectivity index (χ1n) is 11.0. The van der Waals surface area contributed by atoms with Gasteiger partial charge in [-0.1, -0.05) is 31.5 Å². The second kappa shape index (κ2) is 10.4. The Morgan fingerprint density at radius 2 is 1.70 bits per heavy atom. The van der Waals surface area contributed by atoms with Crippen LogP contribution in [0.15, 0.2) is 42.5 Å². The van der Waals surface area contributed by atoms with Crippen molar-refractivity contribution in [1.29, 1.82) is 0 Å². The highest BCUT2D eigenvalue weighted by Gasteiger charge is 2.48. The summed E-state index contributed by atoms with van der Waals surface area (Å²) in [7, 11) is 3.08. The van der Waals surface area contributed by atoms with Gasteiger partial charge in [0.05, 0.1) is 14.2 Å². The van der Waals surface area contributed by atoms with E-state index in [0.717, 1.165) is 29.7 Å². The molecular weight excluding hydrogens is 422 g/mol. The SMILES string of the molecule is CCCCc1ccc(NC(=O)CN2C(=O)NC(C)(Cc3ccc(OC)c(OC)c3)C2=O)cc1. The van der Waals surface area contributed by atoms with Crippen LogP contribution in [0.5, 0.6) is 11.5 Å². The number of hydrogen-bond acceptors (Lipinski definition) is 5. The molecule has 0 aromatic heterocycles. The number of rotatable bonds is 10. The summed E-state index contributed by atoms with van der Waals surface area (Å²) in [4.78, 5) is 39.1. The van der Waals surface area contributed by atoms with E-state index in [1.54, 1.807) is 26.2 Å². The first kappa shape index (κ1) is 24.1. The van der Waals surface area contributed by atoms with Gasteiger partial charge in [-0.05, 0) is 55.2 Å². The zero-order chi connectivity index (χ0) is 24.0. The number of hydrogen-bond donors (Lipinski definition) is 2. The van der Waals surface area contributed by atoms with E-state index in [4.69, 9.17) is 9.47 Å². The number of methoxy groups -OCH3 is 2. The van der Waals surface area contributed by atoms with Crippen molar-refractivity contribution in [2.75, 3.05) is 26.1 Å². The van der Waals surface area contributed by atoms with Gasteiger partial charge >= 0.3 is 6.03 Å². The van der Waals surface area contributed by atoms with Gasteiger partial charge in [-0.15, -0.1) is 0 Å². The minimum absolute atomic E-state index is 0.245. The van der Waals surface area contributed by atoms with Crippen molar-refractivity contribution in [3.8, 4) is 11.5 Å². The Labute approximate surface area is 194 Å². The van der Waals surface area contributed by atoms with Gasteiger partial charge in [-0.3, -0.25) is 14.5 Å².